The maximum absolute atomic E-state index is 10.8. The minimum Gasteiger partial charge on any atom is -0.493 e. The van der Waals surface area contributed by atoms with Crippen molar-refractivity contribution in [2.75, 3.05) is 19.7 Å². The molecule has 2 N–H and O–H groups in total. The molecule has 1 atom stereocenters. The molecule has 3 rings (SSSR count). The van der Waals surface area contributed by atoms with Gasteiger partial charge in [-0.15, -0.1) is 0 Å². The SMILES string of the molecule is OC1(c2ccc3c(c2)CCO3)CCCNCC1. The lowest BCUT2D eigenvalue weighted by Crippen LogP contribution is -2.27. The lowest BCUT2D eigenvalue weighted by atomic mass is 9.86. The Balaban J connectivity index is 1.91. The van der Waals surface area contributed by atoms with Crippen molar-refractivity contribution in [3.8, 4) is 5.75 Å². The molecule has 0 aliphatic carbocycles. The Morgan fingerprint density at radius 2 is 2.18 bits per heavy atom. The van der Waals surface area contributed by atoms with Crippen LogP contribution in [0.2, 0.25) is 0 Å². The van der Waals surface area contributed by atoms with Gasteiger partial charge >= 0.3 is 0 Å². The standard InChI is InChI=1S/C14H19NO2/c16-14(5-1-7-15-8-6-14)12-2-3-13-11(10-12)4-9-17-13/h2-3,10,15-16H,1,4-9H2. The number of fused-ring (bicyclic) bond motifs is 1. The number of hydrogen-bond donors (Lipinski definition) is 2. The molecule has 2 heterocycles. The second-order valence-electron chi connectivity index (χ2n) is 5.06. The molecule has 0 radical (unpaired) electrons. The van der Waals surface area contributed by atoms with Crippen LogP contribution in [0.4, 0.5) is 0 Å². The third-order valence-electron chi connectivity index (χ3n) is 3.89. The average molecular weight is 233 g/mol. The van der Waals surface area contributed by atoms with Crippen LogP contribution in [0.1, 0.15) is 30.4 Å². The Kier molecular flexibility index (Phi) is 2.81. The monoisotopic (exact) mass is 233 g/mol. The predicted molar refractivity (Wildman–Crippen MR) is 66.3 cm³/mol. The molecule has 17 heavy (non-hydrogen) atoms. The fourth-order valence-electron chi connectivity index (χ4n) is 2.82. The third-order valence-corrected chi connectivity index (χ3v) is 3.89. The summed E-state index contributed by atoms with van der Waals surface area (Å²) >= 11 is 0. The zero-order chi connectivity index (χ0) is 11.7. The van der Waals surface area contributed by atoms with Crippen LogP contribution in [0.5, 0.6) is 5.75 Å². The molecule has 92 valence electrons. The first-order valence-electron chi connectivity index (χ1n) is 6.47. The summed E-state index contributed by atoms with van der Waals surface area (Å²) in [6, 6.07) is 6.16. The highest BCUT2D eigenvalue weighted by Crippen LogP contribution is 2.35. The van der Waals surface area contributed by atoms with E-state index >= 15 is 0 Å². The van der Waals surface area contributed by atoms with Crippen LogP contribution in [0.3, 0.4) is 0 Å². The molecule has 1 aromatic carbocycles. The number of ether oxygens (including phenoxy) is 1. The average Bonchev–Trinajstić information content (AvgIpc) is 2.70. The van der Waals surface area contributed by atoms with Crippen molar-refractivity contribution in [3.05, 3.63) is 29.3 Å². The zero-order valence-electron chi connectivity index (χ0n) is 10.0. The lowest BCUT2D eigenvalue weighted by Gasteiger charge is -2.27. The topological polar surface area (TPSA) is 41.5 Å². The quantitative estimate of drug-likeness (QED) is 0.774. The smallest absolute Gasteiger partial charge is 0.122 e. The van der Waals surface area contributed by atoms with E-state index in [0.29, 0.717) is 0 Å². The molecule has 3 heteroatoms. The van der Waals surface area contributed by atoms with Crippen LogP contribution >= 0.6 is 0 Å². The Morgan fingerprint density at radius 1 is 1.24 bits per heavy atom. The molecule has 0 bridgehead atoms. The number of hydrogen-bond acceptors (Lipinski definition) is 3. The minimum absolute atomic E-state index is 0.652. The first kappa shape index (κ1) is 11.1. The fraction of sp³-hybridized carbons (Fsp3) is 0.571. The van der Waals surface area contributed by atoms with Gasteiger partial charge in [0.1, 0.15) is 5.75 Å². The summed E-state index contributed by atoms with van der Waals surface area (Å²) in [5.74, 6) is 0.990. The van der Waals surface area contributed by atoms with E-state index in [1.165, 1.54) is 5.56 Å². The number of rotatable bonds is 1. The third kappa shape index (κ3) is 2.05. The molecule has 3 nitrogen and oxygen atoms in total. The van der Waals surface area contributed by atoms with Gasteiger partial charge in [-0.05, 0) is 55.6 Å². The molecule has 0 spiro atoms. The van der Waals surface area contributed by atoms with E-state index in [1.807, 2.05) is 12.1 Å². The van der Waals surface area contributed by atoms with Crippen molar-refractivity contribution in [1.29, 1.82) is 0 Å². The van der Waals surface area contributed by atoms with Gasteiger partial charge in [0, 0.05) is 6.42 Å². The summed E-state index contributed by atoms with van der Waals surface area (Å²) in [6.07, 6.45) is 3.65. The van der Waals surface area contributed by atoms with Crippen molar-refractivity contribution < 1.29 is 9.84 Å². The van der Waals surface area contributed by atoms with Gasteiger partial charge in [0.15, 0.2) is 0 Å². The van der Waals surface area contributed by atoms with Crippen LogP contribution in [0.15, 0.2) is 18.2 Å². The van der Waals surface area contributed by atoms with E-state index in [1.54, 1.807) is 0 Å². The highest BCUT2D eigenvalue weighted by Gasteiger charge is 2.31. The molecule has 0 aromatic heterocycles. The molecule has 1 fully saturated rings. The van der Waals surface area contributed by atoms with Gasteiger partial charge in [0.05, 0.1) is 12.2 Å². The zero-order valence-corrected chi connectivity index (χ0v) is 10.0. The predicted octanol–water partition coefficient (Wildman–Crippen LogP) is 1.58. The van der Waals surface area contributed by atoms with Gasteiger partial charge in [-0.3, -0.25) is 0 Å². The fourth-order valence-corrected chi connectivity index (χ4v) is 2.82. The van der Waals surface area contributed by atoms with Gasteiger partial charge in [0.2, 0.25) is 0 Å². The van der Waals surface area contributed by atoms with Gasteiger partial charge in [-0.1, -0.05) is 6.07 Å². The lowest BCUT2D eigenvalue weighted by molar-refractivity contribution is 0.0240. The van der Waals surface area contributed by atoms with Crippen molar-refractivity contribution in [1.82, 2.24) is 5.32 Å². The number of nitrogens with one attached hydrogen (secondary N) is 1. The first-order chi connectivity index (χ1) is 8.28. The minimum atomic E-state index is -0.652. The summed E-state index contributed by atoms with van der Waals surface area (Å²) in [5.41, 5.74) is 1.65. The van der Waals surface area contributed by atoms with Crippen LogP contribution in [-0.2, 0) is 12.0 Å². The number of benzene rings is 1. The van der Waals surface area contributed by atoms with E-state index < -0.39 is 5.60 Å². The maximum Gasteiger partial charge on any atom is 0.122 e. The summed E-state index contributed by atoms with van der Waals surface area (Å²) in [5, 5.41) is 14.1. The molecule has 1 aromatic rings. The second kappa shape index (κ2) is 4.31. The van der Waals surface area contributed by atoms with Crippen LogP contribution in [0.25, 0.3) is 0 Å². The Labute approximate surface area is 102 Å². The maximum atomic E-state index is 10.8. The molecule has 2 aliphatic heterocycles. The van der Waals surface area contributed by atoms with Crippen molar-refractivity contribution >= 4 is 0 Å². The second-order valence-corrected chi connectivity index (χ2v) is 5.06. The molecular weight excluding hydrogens is 214 g/mol. The van der Waals surface area contributed by atoms with Crippen molar-refractivity contribution in [2.45, 2.75) is 31.3 Å². The van der Waals surface area contributed by atoms with E-state index in [2.05, 4.69) is 11.4 Å². The Morgan fingerprint density at radius 3 is 3.12 bits per heavy atom. The van der Waals surface area contributed by atoms with Crippen LogP contribution in [-0.4, -0.2) is 24.8 Å². The van der Waals surface area contributed by atoms with Crippen LogP contribution in [0, 0.1) is 0 Å². The van der Waals surface area contributed by atoms with E-state index in [-0.39, 0.29) is 0 Å². The van der Waals surface area contributed by atoms with Crippen molar-refractivity contribution in [2.24, 2.45) is 0 Å². The van der Waals surface area contributed by atoms with Crippen LogP contribution < -0.4 is 10.1 Å². The number of aliphatic hydroxyl groups is 1. The molecule has 1 unspecified atom stereocenters. The Hall–Kier alpha value is -1.06. The van der Waals surface area contributed by atoms with Gasteiger partial charge in [-0.2, -0.15) is 0 Å². The highest BCUT2D eigenvalue weighted by atomic mass is 16.5. The molecule has 1 saturated heterocycles. The molecule has 0 saturated carbocycles. The van der Waals surface area contributed by atoms with Gasteiger partial charge in [-0.25, -0.2) is 0 Å². The Bertz CT molecular complexity index is 409. The first-order valence-corrected chi connectivity index (χ1v) is 6.47. The van der Waals surface area contributed by atoms with Gasteiger partial charge in [0.25, 0.3) is 0 Å². The van der Waals surface area contributed by atoms with E-state index in [4.69, 9.17) is 4.74 Å². The van der Waals surface area contributed by atoms with E-state index in [9.17, 15) is 5.11 Å². The van der Waals surface area contributed by atoms with Gasteiger partial charge < -0.3 is 15.2 Å². The normalized spacial score (nSPS) is 28.3. The summed E-state index contributed by atoms with van der Waals surface area (Å²) in [4.78, 5) is 0. The highest BCUT2D eigenvalue weighted by molar-refractivity contribution is 5.41. The molecular formula is C14H19NO2. The summed E-state index contributed by atoms with van der Waals surface area (Å²) in [6.45, 7) is 2.68. The molecule has 2 aliphatic rings. The summed E-state index contributed by atoms with van der Waals surface area (Å²) < 4.78 is 5.50. The molecule has 0 amide bonds. The van der Waals surface area contributed by atoms with E-state index in [0.717, 1.165) is 56.7 Å². The summed E-state index contributed by atoms with van der Waals surface area (Å²) in [7, 11) is 0. The van der Waals surface area contributed by atoms with Crippen molar-refractivity contribution in [3.63, 3.8) is 0 Å². The largest absolute Gasteiger partial charge is 0.493 e.